The van der Waals surface area contributed by atoms with E-state index >= 15 is 0 Å². The summed E-state index contributed by atoms with van der Waals surface area (Å²) in [6.07, 6.45) is 0. The molecule has 0 aliphatic carbocycles. The van der Waals surface area contributed by atoms with Gasteiger partial charge in [0.1, 0.15) is 5.75 Å². The highest BCUT2D eigenvalue weighted by molar-refractivity contribution is 9.09. The zero-order valence-corrected chi connectivity index (χ0v) is 11.7. The Morgan fingerprint density at radius 3 is 2.27 bits per heavy atom. The quantitative estimate of drug-likeness (QED) is 0.720. The molecule has 1 aromatic rings. The van der Waals surface area contributed by atoms with E-state index in [0.29, 0.717) is 4.83 Å². The molecule has 0 aliphatic heterocycles. The van der Waals surface area contributed by atoms with Crippen molar-refractivity contribution in [1.82, 2.24) is 0 Å². The molecule has 0 amide bonds. The third-order valence-corrected chi connectivity index (χ3v) is 4.38. The average Bonchev–Trinajstić information content (AvgIpc) is 2.15. The third-order valence-electron chi connectivity index (χ3n) is 2.51. The minimum absolute atomic E-state index is 0.222. The topological polar surface area (TPSA) is 9.23 Å². The van der Waals surface area contributed by atoms with Crippen LogP contribution in [-0.4, -0.2) is 7.11 Å². The summed E-state index contributed by atoms with van der Waals surface area (Å²) < 4.78 is 5.20. The Labute approximate surface area is 101 Å². The van der Waals surface area contributed by atoms with Crippen molar-refractivity contribution < 1.29 is 4.74 Å². The van der Waals surface area contributed by atoms with Gasteiger partial charge in [0.25, 0.3) is 0 Å². The van der Waals surface area contributed by atoms with E-state index in [9.17, 15) is 0 Å². The van der Waals surface area contributed by atoms with E-state index in [-0.39, 0.29) is 5.41 Å². The fourth-order valence-corrected chi connectivity index (χ4v) is 2.04. The second-order valence-electron chi connectivity index (χ2n) is 4.95. The first-order valence-electron chi connectivity index (χ1n) is 5.15. The van der Waals surface area contributed by atoms with Crippen LogP contribution in [0.2, 0.25) is 0 Å². The molecule has 0 radical (unpaired) electrons. The van der Waals surface area contributed by atoms with E-state index < -0.39 is 0 Å². The highest BCUT2D eigenvalue weighted by Crippen LogP contribution is 2.41. The van der Waals surface area contributed by atoms with E-state index in [4.69, 9.17) is 4.74 Å². The highest BCUT2D eigenvalue weighted by Gasteiger charge is 2.24. The van der Waals surface area contributed by atoms with Crippen LogP contribution in [0.5, 0.6) is 5.75 Å². The second kappa shape index (κ2) is 4.56. The lowest BCUT2D eigenvalue weighted by Gasteiger charge is -2.27. The summed E-state index contributed by atoms with van der Waals surface area (Å²) in [6.45, 7) is 8.82. The highest BCUT2D eigenvalue weighted by atomic mass is 79.9. The van der Waals surface area contributed by atoms with Gasteiger partial charge >= 0.3 is 0 Å². The Morgan fingerprint density at radius 2 is 1.87 bits per heavy atom. The van der Waals surface area contributed by atoms with E-state index in [1.54, 1.807) is 7.11 Å². The molecule has 1 aromatic carbocycles. The van der Waals surface area contributed by atoms with Crippen LogP contribution in [0.3, 0.4) is 0 Å². The summed E-state index contributed by atoms with van der Waals surface area (Å²) in [4.78, 5) is 0.371. The number of ether oxygens (including phenoxy) is 1. The van der Waals surface area contributed by atoms with Gasteiger partial charge < -0.3 is 4.74 Å². The molecule has 0 aromatic heterocycles. The number of hydrogen-bond donors (Lipinski definition) is 0. The van der Waals surface area contributed by atoms with Crippen LogP contribution in [-0.2, 0) is 0 Å². The molecule has 84 valence electrons. The minimum Gasteiger partial charge on any atom is -0.497 e. The van der Waals surface area contributed by atoms with Gasteiger partial charge in [-0.3, -0.25) is 0 Å². The van der Waals surface area contributed by atoms with Crippen molar-refractivity contribution in [2.24, 2.45) is 5.41 Å². The lowest BCUT2D eigenvalue weighted by atomic mass is 9.86. The predicted molar refractivity (Wildman–Crippen MR) is 68.9 cm³/mol. The molecule has 0 aliphatic rings. The lowest BCUT2D eigenvalue weighted by molar-refractivity contribution is 0.402. The average molecular weight is 271 g/mol. The van der Waals surface area contributed by atoms with Gasteiger partial charge in [-0.05, 0) is 35.6 Å². The van der Waals surface area contributed by atoms with Crippen LogP contribution in [0, 0.1) is 12.3 Å². The van der Waals surface area contributed by atoms with Crippen molar-refractivity contribution in [3.8, 4) is 5.75 Å². The molecule has 0 fully saturated rings. The molecule has 1 unspecified atom stereocenters. The molecule has 1 rings (SSSR count). The van der Waals surface area contributed by atoms with Crippen LogP contribution in [0.1, 0.15) is 36.7 Å². The van der Waals surface area contributed by atoms with Gasteiger partial charge in [0.15, 0.2) is 0 Å². The fraction of sp³-hybridized carbons (Fsp3) is 0.538. The van der Waals surface area contributed by atoms with Crippen LogP contribution in [0.25, 0.3) is 0 Å². The van der Waals surface area contributed by atoms with Crippen LogP contribution in [0.15, 0.2) is 18.2 Å². The maximum absolute atomic E-state index is 5.20. The number of benzene rings is 1. The largest absolute Gasteiger partial charge is 0.497 e. The zero-order valence-electron chi connectivity index (χ0n) is 10.1. The molecular weight excluding hydrogens is 252 g/mol. The summed E-state index contributed by atoms with van der Waals surface area (Å²) in [5, 5.41) is 0. The SMILES string of the molecule is COc1ccc(C(Br)C(C)(C)C)c(C)c1. The molecule has 0 saturated heterocycles. The smallest absolute Gasteiger partial charge is 0.119 e. The summed E-state index contributed by atoms with van der Waals surface area (Å²) in [6, 6.07) is 6.23. The van der Waals surface area contributed by atoms with Gasteiger partial charge in [-0.25, -0.2) is 0 Å². The monoisotopic (exact) mass is 270 g/mol. The first-order chi connectivity index (χ1) is 6.86. The molecule has 1 nitrogen and oxygen atoms in total. The molecule has 0 heterocycles. The van der Waals surface area contributed by atoms with E-state index in [0.717, 1.165) is 5.75 Å². The zero-order chi connectivity index (χ0) is 11.6. The molecule has 0 N–H and O–H groups in total. The van der Waals surface area contributed by atoms with Gasteiger partial charge in [-0.2, -0.15) is 0 Å². The predicted octanol–water partition coefficient (Wildman–Crippen LogP) is 4.49. The van der Waals surface area contributed by atoms with Gasteiger partial charge in [0, 0.05) is 4.83 Å². The fourth-order valence-electron chi connectivity index (χ4n) is 1.53. The molecule has 2 heteroatoms. The third kappa shape index (κ3) is 2.97. The van der Waals surface area contributed by atoms with Gasteiger partial charge in [-0.15, -0.1) is 0 Å². The maximum atomic E-state index is 5.20. The van der Waals surface area contributed by atoms with Crippen molar-refractivity contribution in [3.63, 3.8) is 0 Å². The van der Waals surface area contributed by atoms with Crippen LogP contribution in [0.4, 0.5) is 0 Å². The minimum atomic E-state index is 0.222. The second-order valence-corrected chi connectivity index (χ2v) is 5.87. The summed E-state index contributed by atoms with van der Waals surface area (Å²) in [5.41, 5.74) is 2.83. The van der Waals surface area contributed by atoms with Crippen molar-refractivity contribution in [2.45, 2.75) is 32.5 Å². The number of halogens is 1. The molecule has 0 bridgehead atoms. The number of hydrogen-bond acceptors (Lipinski definition) is 1. The number of alkyl halides is 1. The van der Waals surface area contributed by atoms with Crippen molar-refractivity contribution in [2.75, 3.05) is 7.11 Å². The van der Waals surface area contributed by atoms with Crippen molar-refractivity contribution in [3.05, 3.63) is 29.3 Å². The van der Waals surface area contributed by atoms with Crippen molar-refractivity contribution in [1.29, 1.82) is 0 Å². The first kappa shape index (κ1) is 12.6. The Kier molecular flexibility index (Phi) is 3.82. The molecule has 0 saturated carbocycles. The Balaban J connectivity index is 3.06. The normalized spacial score (nSPS) is 13.7. The Bertz CT molecular complexity index is 339. The number of aryl methyl sites for hydroxylation is 1. The maximum Gasteiger partial charge on any atom is 0.119 e. The van der Waals surface area contributed by atoms with Gasteiger partial charge in [-0.1, -0.05) is 42.8 Å². The van der Waals surface area contributed by atoms with E-state index in [2.05, 4.69) is 55.8 Å². The molecule has 0 spiro atoms. The summed E-state index contributed by atoms with van der Waals surface area (Å²) >= 11 is 3.76. The Hall–Kier alpha value is -0.500. The van der Waals surface area contributed by atoms with E-state index in [1.807, 2.05) is 6.07 Å². The molecular formula is C13H19BrO. The molecule has 15 heavy (non-hydrogen) atoms. The first-order valence-corrected chi connectivity index (χ1v) is 6.06. The number of methoxy groups -OCH3 is 1. The van der Waals surface area contributed by atoms with Crippen LogP contribution >= 0.6 is 15.9 Å². The van der Waals surface area contributed by atoms with Gasteiger partial charge in [0.05, 0.1) is 7.11 Å². The van der Waals surface area contributed by atoms with E-state index in [1.165, 1.54) is 11.1 Å². The molecule has 1 atom stereocenters. The lowest BCUT2D eigenvalue weighted by Crippen LogP contribution is -2.13. The van der Waals surface area contributed by atoms with Gasteiger partial charge in [0.2, 0.25) is 0 Å². The Morgan fingerprint density at radius 1 is 1.27 bits per heavy atom. The summed E-state index contributed by atoms with van der Waals surface area (Å²) in [7, 11) is 1.70. The van der Waals surface area contributed by atoms with Crippen molar-refractivity contribution >= 4 is 15.9 Å². The number of rotatable bonds is 2. The van der Waals surface area contributed by atoms with Crippen LogP contribution < -0.4 is 4.74 Å². The summed E-state index contributed by atoms with van der Waals surface area (Å²) in [5.74, 6) is 0.921. The standard InChI is InChI=1S/C13H19BrO/c1-9-8-10(15-5)6-7-11(9)12(14)13(2,3)4/h6-8,12H,1-5H3.